The minimum atomic E-state index is -0.715. The van der Waals surface area contributed by atoms with E-state index in [1.54, 1.807) is 17.0 Å². The normalized spacial score (nSPS) is 19.9. The Bertz CT molecular complexity index is 1150. The standard InChI is InChI=1S/C22H19ClN4O4/c23-15-10-14(24-22(31)26-8-7-12-3-1-2-4-16(12)26)9-13-11-27(21(30)19(13)15)17-5-6-18(28)25-20(17)29/h1-4,9-10,17H,5-8,11H2,(H,24,31)(H,25,28,29). The number of nitrogens with one attached hydrogen (secondary N) is 2. The smallest absolute Gasteiger partial charge is 0.322 e. The minimum Gasteiger partial charge on any atom is -0.322 e. The Balaban J connectivity index is 1.36. The number of carbonyl (C=O) groups excluding carboxylic acids is 4. The number of anilines is 2. The first-order valence-electron chi connectivity index (χ1n) is 10.1. The SMILES string of the molecule is O=C1CCC(N2Cc3cc(NC(=O)N4CCc5ccccc54)cc(Cl)c3C2=O)C(=O)N1. The third kappa shape index (κ3) is 3.33. The molecule has 0 aromatic heterocycles. The zero-order valence-electron chi connectivity index (χ0n) is 16.5. The molecule has 0 spiro atoms. The number of amides is 5. The number of nitrogens with zero attached hydrogens (tertiary/aromatic N) is 2. The maximum absolute atomic E-state index is 12.9. The van der Waals surface area contributed by atoms with Crippen molar-refractivity contribution in [1.82, 2.24) is 10.2 Å². The summed E-state index contributed by atoms with van der Waals surface area (Å²) in [5, 5.41) is 5.36. The topological polar surface area (TPSA) is 98.8 Å². The predicted molar refractivity (Wildman–Crippen MR) is 114 cm³/mol. The van der Waals surface area contributed by atoms with Crippen LogP contribution < -0.4 is 15.5 Å². The first kappa shape index (κ1) is 19.6. The first-order valence-corrected chi connectivity index (χ1v) is 10.4. The molecule has 3 aliphatic rings. The fourth-order valence-electron chi connectivity index (χ4n) is 4.47. The lowest BCUT2D eigenvalue weighted by Crippen LogP contribution is -2.52. The lowest BCUT2D eigenvalue weighted by Gasteiger charge is -2.29. The third-order valence-corrected chi connectivity index (χ3v) is 6.26. The average Bonchev–Trinajstić information content (AvgIpc) is 3.30. The van der Waals surface area contributed by atoms with Crippen LogP contribution in [0.5, 0.6) is 0 Å². The second-order valence-electron chi connectivity index (χ2n) is 7.85. The number of carbonyl (C=O) groups is 4. The van der Waals surface area contributed by atoms with E-state index in [4.69, 9.17) is 11.6 Å². The highest BCUT2D eigenvalue weighted by molar-refractivity contribution is 6.34. The molecule has 3 aliphatic heterocycles. The van der Waals surface area contributed by atoms with Gasteiger partial charge in [0.25, 0.3) is 5.91 Å². The summed E-state index contributed by atoms with van der Waals surface area (Å²) in [7, 11) is 0. The first-order chi connectivity index (χ1) is 14.9. The number of piperidine rings is 1. The Hall–Kier alpha value is -3.39. The molecule has 2 aromatic carbocycles. The van der Waals surface area contributed by atoms with Gasteiger partial charge in [0, 0.05) is 30.9 Å². The summed E-state index contributed by atoms with van der Waals surface area (Å²) in [6.45, 7) is 0.780. The summed E-state index contributed by atoms with van der Waals surface area (Å²) in [5.74, 6) is -1.16. The molecule has 5 amide bonds. The molecule has 31 heavy (non-hydrogen) atoms. The van der Waals surface area contributed by atoms with Crippen molar-refractivity contribution in [2.75, 3.05) is 16.8 Å². The molecule has 1 saturated heterocycles. The molecule has 3 heterocycles. The van der Waals surface area contributed by atoms with Crippen molar-refractivity contribution in [2.45, 2.75) is 31.8 Å². The molecular formula is C22H19ClN4O4. The predicted octanol–water partition coefficient (Wildman–Crippen LogP) is 2.70. The second kappa shape index (κ2) is 7.39. The Kier molecular flexibility index (Phi) is 4.66. The Morgan fingerprint density at radius 3 is 2.71 bits per heavy atom. The van der Waals surface area contributed by atoms with Crippen LogP contribution in [-0.2, 0) is 22.6 Å². The van der Waals surface area contributed by atoms with E-state index >= 15 is 0 Å². The maximum atomic E-state index is 12.9. The van der Waals surface area contributed by atoms with E-state index in [2.05, 4.69) is 10.6 Å². The maximum Gasteiger partial charge on any atom is 0.326 e. The number of imide groups is 1. The Morgan fingerprint density at radius 1 is 1.10 bits per heavy atom. The molecule has 0 aliphatic carbocycles. The van der Waals surface area contributed by atoms with Crippen LogP contribution in [0, 0.1) is 0 Å². The molecule has 9 heteroatoms. The molecular weight excluding hydrogens is 420 g/mol. The summed E-state index contributed by atoms with van der Waals surface area (Å²) in [5.41, 5.74) is 3.45. The van der Waals surface area contributed by atoms with Crippen LogP contribution in [0.2, 0.25) is 5.02 Å². The van der Waals surface area contributed by atoms with Gasteiger partial charge < -0.3 is 10.2 Å². The van der Waals surface area contributed by atoms with E-state index in [0.29, 0.717) is 23.4 Å². The zero-order chi connectivity index (χ0) is 21.7. The summed E-state index contributed by atoms with van der Waals surface area (Å²) < 4.78 is 0. The number of benzene rings is 2. The highest BCUT2D eigenvalue weighted by atomic mass is 35.5. The van der Waals surface area contributed by atoms with E-state index in [-0.39, 0.29) is 42.3 Å². The van der Waals surface area contributed by atoms with E-state index in [1.165, 1.54) is 4.90 Å². The summed E-state index contributed by atoms with van der Waals surface area (Å²) in [4.78, 5) is 52.5. The number of urea groups is 1. The molecule has 158 valence electrons. The number of halogens is 1. The van der Waals surface area contributed by atoms with Gasteiger partial charge in [0.05, 0.1) is 10.6 Å². The summed E-state index contributed by atoms with van der Waals surface area (Å²) in [6.07, 6.45) is 1.26. The molecule has 8 nitrogen and oxygen atoms in total. The van der Waals surface area contributed by atoms with Crippen LogP contribution in [0.4, 0.5) is 16.2 Å². The van der Waals surface area contributed by atoms with Crippen molar-refractivity contribution in [2.24, 2.45) is 0 Å². The van der Waals surface area contributed by atoms with Gasteiger partial charge in [-0.15, -0.1) is 0 Å². The van der Waals surface area contributed by atoms with Crippen LogP contribution >= 0.6 is 11.6 Å². The molecule has 0 radical (unpaired) electrons. The van der Waals surface area contributed by atoms with Crippen LogP contribution in [0.3, 0.4) is 0 Å². The van der Waals surface area contributed by atoms with Crippen molar-refractivity contribution in [3.05, 3.63) is 58.1 Å². The van der Waals surface area contributed by atoms with Crippen molar-refractivity contribution >= 4 is 46.7 Å². The summed E-state index contributed by atoms with van der Waals surface area (Å²) in [6, 6.07) is 10.0. The lowest BCUT2D eigenvalue weighted by molar-refractivity contribution is -0.136. The van der Waals surface area contributed by atoms with Crippen molar-refractivity contribution in [1.29, 1.82) is 0 Å². The van der Waals surface area contributed by atoms with Crippen LogP contribution in [0.15, 0.2) is 36.4 Å². The molecule has 1 fully saturated rings. The monoisotopic (exact) mass is 438 g/mol. The largest absolute Gasteiger partial charge is 0.326 e. The van der Waals surface area contributed by atoms with Crippen molar-refractivity contribution < 1.29 is 19.2 Å². The number of rotatable bonds is 2. The van der Waals surface area contributed by atoms with Crippen LogP contribution in [0.1, 0.15) is 34.3 Å². The van der Waals surface area contributed by atoms with E-state index in [1.807, 2.05) is 24.3 Å². The highest BCUT2D eigenvalue weighted by Gasteiger charge is 2.40. The number of hydrogen-bond donors (Lipinski definition) is 2. The van der Waals surface area contributed by atoms with Gasteiger partial charge in [-0.25, -0.2) is 4.79 Å². The molecule has 0 saturated carbocycles. The molecule has 1 unspecified atom stereocenters. The van der Waals surface area contributed by atoms with Gasteiger partial charge >= 0.3 is 6.03 Å². The zero-order valence-corrected chi connectivity index (χ0v) is 17.2. The van der Waals surface area contributed by atoms with E-state index in [0.717, 1.165) is 17.7 Å². The van der Waals surface area contributed by atoms with Crippen molar-refractivity contribution in [3.63, 3.8) is 0 Å². The summed E-state index contributed by atoms with van der Waals surface area (Å²) >= 11 is 6.39. The average molecular weight is 439 g/mol. The minimum absolute atomic E-state index is 0.183. The fraction of sp³-hybridized carbons (Fsp3) is 0.273. The third-order valence-electron chi connectivity index (χ3n) is 5.96. The van der Waals surface area contributed by atoms with Gasteiger partial charge in [0.2, 0.25) is 11.8 Å². The Labute approximate surface area is 183 Å². The van der Waals surface area contributed by atoms with Gasteiger partial charge in [-0.2, -0.15) is 0 Å². The fourth-order valence-corrected chi connectivity index (χ4v) is 4.79. The highest BCUT2D eigenvalue weighted by Crippen LogP contribution is 2.35. The van der Waals surface area contributed by atoms with Gasteiger partial charge in [-0.05, 0) is 42.2 Å². The van der Waals surface area contributed by atoms with Crippen LogP contribution in [-0.4, -0.2) is 41.2 Å². The molecule has 2 N–H and O–H groups in total. The second-order valence-corrected chi connectivity index (χ2v) is 8.26. The Morgan fingerprint density at radius 2 is 1.90 bits per heavy atom. The van der Waals surface area contributed by atoms with Crippen molar-refractivity contribution in [3.8, 4) is 0 Å². The van der Waals surface area contributed by atoms with Gasteiger partial charge in [-0.3, -0.25) is 24.6 Å². The van der Waals surface area contributed by atoms with Gasteiger partial charge in [0.15, 0.2) is 0 Å². The number of fused-ring (bicyclic) bond motifs is 2. The van der Waals surface area contributed by atoms with Gasteiger partial charge in [-0.1, -0.05) is 29.8 Å². The van der Waals surface area contributed by atoms with E-state index in [9.17, 15) is 19.2 Å². The molecule has 0 bridgehead atoms. The molecule has 5 rings (SSSR count). The quantitative estimate of drug-likeness (QED) is 0.704. The number of hydrogen-bond acceptors (Lipinski definition) is 4. The lowest BCUT2D eigenvalue weighted by atomic mass is 10.0. The molecule has 2 aromatic rings. The van der Waals surface area contributed by atoms with E-state index < -0.39 is 11.9 Å². The number of para-hydroxylation sites is 1. The van der Waals surface area contributed by atoms with Crippen LogP contribution in [0.25, 0.3) is 0 Å². The van der Waals surface area contributed by atoms with Gasteiger partial charge in [0.1, 0.15) is 6.04 Å². The molecule has 1 atom stereocenters.